The molecule has 1 amide bonds. The monoisotopic (exact) mass is 531 g/mol. The van der Waals surface area contributed by atoms with Gasteiger partial charge in [0.15, 0.2) is 0 Å². The molecule has 0 aliphatic heterocycles. The summed E-state index contributed by atoms with van der Waals surface area (Å²) in [4.78, 5) is 25.0. The molecular formula is C32H25N3O3S. The Labute approximate surface area is 229 Å². The molecule has 6 aromatic rings. The first-order valence-electron chi connectivity index (χ1n) is 12.6. The molecule has 0 spiro atoms. The van der Waals surface area contributed by atoms with Crippen molar-refractivity contribution in [2.75, 3.05) is 0 Å². The number of carbonyl (C=O) groups excluding carboxylic acids is 1. The van der Waals surface area contributed by atoms with Gasteiger partial charge in [0.25, 0.3) is 5.91 Å². The first-order valence-corrected chi connectivity index (χ1v) is 13.5. The average Bonchev–Trinajstić information content (AvgIpc) is 3.63. The Hall–Kier alpha value is -4.75. The molecule has 0 aliphatic rings. The molecule has 2 N–H and O–H groups in total. The molecule has 0 aliphatic carbocycles. The molecule has 0 radical (unpaired) electrons. The molecule has 1 atom stereocenters. The highest BCUT2D eigenvalue weighted by atomic mass is 32.1. The van der Waals surface area contributed by atoms with Crippen molar-refractivity contribution < 1.29 is 14.7 Å². The number of aromatic nitrogens is 2. The molecular weight excluding hydrogens is 506 g/mol. The lowest BCUT2D eigenvalue weighted by Crippen LogP contribution is -2.27. The van der Waals surface area contributed by atoms with Gasteiger partial charge in [0, 0.05) is 5.39 Å². The number of nitrogens with one attached hydrogen (secondary N) is 1. The maximum absolute atomic E-state index is 13.8. The second-order valence-electron chi connectivity index (χ2n) is 9.58. The molecule has 0 saturated heterocycles. The Balaban J connectivity index is 1.38. The lowest BCUT2D eigenvalue weighted by atomic mass is 10.0. The number of carboxylic acid groups (broad SMARTS) is 1. The second kappa shape index (κ2) is 10.2. The van der Waals surface area contributed by atoms with E-state index in [1.807, 2.05) is 47.4 Å². The number of rotatable bonds is 7. The molecule has 6 nitrogen and oxygen atoms in total. The van der Waals surface area contributed by atoms with Gasteiger partial charge in [0.2, 0.25) is 0 Å². The van der Waals surface area contributed by atoms with Crippen molar-refractivity contribution in [1.29, 1.82) is 0 Å². The van der Waals surface area contributed by atoms with Crippen LogP contribution in [0.4, 0.5) is 0 Å². The molecule has 192 valence electrons. The quantitative estimate of drug-likeness (QED) is 0.229. The summed E-state index contributed by atoms with van der Waals surface area (Å²) < 4.78 is 1.89. The van der Waals surface area contributed by atoms with Gasteiger partial charge >= 0.3 is 5.97 Å². The van der Waals surface area contributed by atoms with Crippen molar-refractivity contribution in [2.24, 2.45) is 0 Å². The summed E-state index contributed by atoms with van der Waals surface area (Å²) >= 11 is 1.61. The average molecular weight is 532 g/mol. The van der Waals surface area contributed by atoms with Crippen LogP contribution in [-0.4, -0.2) is 26.8 Å². The third kappa shape index (κ3) is 4.92. The smallest absolute Gasteiger partial charge is 0.335 e. The number of aromatic carboxylic acids is 1. The number of carbonyl (C=O) groups is 2. The van der Waals surface area contributed by atoms with Crippen molar-refractivity contribution in [2.45, 2.75) is 19.5 Å². The van der Waals surface area contributed by atoms with Gasteiger partial charge in [-0.15, -0.1) is 0 Å². The first-order chi connectivity index (χ1) is 19.0. The zero-order valence-electron chi connectivity index (χ0n) is 21.2. The molecule has 0 unspecified atom stereocenters. The van der Waals surface area contributed by atoms with E-state index in [1.54, 1.807) is 35.6 Å². The molecule has 0 fully saturated rings. The highest BCUT2D eigenvalue weighted by Crippen LogP contribution is 2.30. The summed E-state index contributed by atoms with van der Waals surface area (Å²) in [5.41, 5.74) is 5.45. The third-order valence-corrected chi connectivity index (χ3v) is 7.67. The molecule has 4 aromatic carbocycles. The van der Waals surface area contributed by atoms with Gasteiger partial charge < -0.3 is 10.4 Å². The summed E-state index contributed by atoms with van der Waals surface area (Å²) in [6, 6.07) is 26.9. The predicted octanol–water partition coefficient (Wildman–Crippen LogP) is 7.16. The van der Waals surface area contributed by atoms with Crippen molar-refractivity contribution in [3.63, 3.8) is 0 Å². The van der Waals surface area contributed by atoms with Crippen LogP contribution in [0.2, 0.25) is 0 Å². The van der Waals surface area contributed by atoms with E-state index < -0.39 is 5.97 Å². The number of benzene rings is 4. The fourth-order valence-corrected chi connectivity index (χ4v) is 5.57. The van der Waals surface area contributed by atoms with E-state index in [4.69, 9.17) is 0 Å². The number of nitrogens with zero attached hydrogens (tertiary/aromatic N) is 2. The van der Waals surface area contributed by atoms with Gasteiger partial charge in [0.1, 0.15) is 0 Å². The summed E-state index contributed by atoms with van der Waals surface area (Å²) in [5.74, 6) is -1.20. The largest absolute Gasteiger partial charge is 0.478 e. The highest BCUT2D eigenvalue weighted by molar-refractivity contribution is 7.08. The Bertz CT molecular complexity index is 1820. The summed E-state index contributed by atoms with van der Waals surface area (Å²) in [6.45, 7) is 2.42. The van der Waals surface area contributed by atoms with Gasteiger partial charge in [-0.05, 0) is 87.1 Å². The topological polar surface area (TPSA) is 84.2 Å². The molecule has 2 heterocycles. The van der Waals surface area contributed by atoms with Crippen LogP contribution >= 0.6 is 11.3 Å². The third-order valence-electron chi connectivity index (χ3n) is 6.98. The Morgan fingerprint density at radius 3 is 2.46 bits per heavy atom. The van der Waals surface area contributed by atoms with Gasteiger partial charge in [0.05, 0.1) is 35.4 Å². The molecule has 6 rings (SSSR count). The second-order valence-corrected chi connectivity index (χ2v) is 10.4. The van der Waals surface area contributed by atoms with E-state index >= 15 is 0 Å². The molecule has 2 aromatic heterocycles. The predicted molar refractivity (Wildman–Crippen MR) is 155 cm³/mol. The highest BCUT2D eigenvalue weighted by Gasteiger charge is 2.20. The van der Waals surface area contributed by atoms with Crippen LogP contribution < -0.4 is 5.32 Å². The van der Waals surface area contributed by atoms with Crippen LogP contribution in [-0.2, 0) is 6.54 Å². The van der Waals surface area contributed by atoms with Gasteiger partial charge in [-0.3, -0.25) is 9.48 Å². The Kier molecular flexibility index (Phi) is 6.42. The minimum absolute atomic E-state index is 0.208. The molecule has 39 heavy (non-hydrogen) atoms. The lowest BCUT2D eigenvalue weighted by Gasteiger charge is -2.16. The SMILES string of the molecule is C[C@H](NC(=O)c1cc(-c2ccsc2)cc2cnn(Cc3ccc4ccccc4c3)c12)c1ccc(C(=O)O)cc1. The summed E-state index contributed by atoms with van der Waals surface area (Å²) in [6.07, 6.45) is 1.82. The Morgan fingerprint density at radius 1 is 0.923 bits per heavy atom. The van der Waals surface area contributed by atoms with Crippen LogP contribution in [0.15, 0.2) is 102 Å². The molecule has 0 saturated carbocycles. The standard InChI is InChI=1S/C32H25N3O3S/c1-20(22-8-10-24(11-9-22)32(37)38)34-31(36)29-16-27(26-12-13-39-19-26)15-28-17-33-35(30(28)29)18-21-6-7-23-4-2-3-5-25(23)14-21/h2-17,19-20H,18H2,1H3,(H,34,36)(H,37,38)/t20-/m0/s1. The zero-order chi connectivity index (χ0) is 26.9. The number of amides is 1. The van der Waals surface area contributed by atoms with Gasteiger partial charge in [-0.2, -0.15) is 16.4 Å². The van der Waals surface area contributed by atoms with Crippen LogP contribution in [0.1, 0.15) is 44.8 Å². The normalized spacial score (nSPS) is 12.0. The van der Waals surface area contributed by atoms with E-state index in [1.165, 1.54) is 5.39 Å². The zero-order valence-corrected chi connectivity index (χ0v) is 22.0. The van der Waals surface area contributed by atoms with Crippen molar-refractivity contribution in [3.8, 4) is 11.1 Å². The van der Waals surface area contributed by atoms with Crippen molar-refractivity contribution >= 4 is 44.9 Å². The maximum atomic E-state index is 13.8. The van der Waals surface area contributed by atoms with Crippen LogP contribution in [0.5, 0.6) is 0 Å². The number of carboxylic acids is 1. The van der Waals surface area contributed by atoms with E-state index in [0.717, 1.165) is 38.5 Å². The fraction of sp³-hybridized carbons (Fsp3) is 0.0938. The number of fused-ring (bicyclic) bond motifs is 2. The van der Waals surface area contributed by atoms with E-state index in [0.29, 0.717) is 12.1 Å². The number of thiophene rings is 1. The maximum Gasteiger partial charge on any atom is 0.335 e. The number of hydrogen-bond donors (Lipinski definition) is 2. The van der Waals surface area contributed by atoms with Crippen LogP contribution in [0.3, 0.4) is 0 Å². The van der Waals surface area contributed by atoms with Crippen molar-refractivity contribution in [1.82, 2.24) is 15.1 Å². The van der Waals surface area contributed by atoms with Crippen LogP contribution in [0.25, 0.3) is 32.8 Å². The van der Waals surface area contributed by atoms with Crippen LogP contribution in [0, 0.1) is 0 Å². The summed E-state index contributed by atoms with van der Waals surface area (Å²) in [7, 11) is 0. The van der Waals surface area contributed by atoms with Crippen molar-refractivity contribution in [3.05, 3.63) is 124 Å². The van der Waals surface area contributed by atoms with E-state index in [9.17, 15) is 14.7 Å². The minimum atomic E-state index is -0.981. The molecule has 7 heteroatoms. The first kappa shape index (κ1) is 24.6. The lowest BCUT2D eigenvalue weighted by molar-refractivity contribution is 0.0696. The van der Waals surface area contributed by atoms with Gasteiger partial charge in [-0.25, -0.2) is 4.79 Å². The Morgan fingerprint density at radius 2 is 1.72 bits per heavy atom. The van der Waals surface area contributed by atoms with E-state index in [-0.39, 0.29) is 17.5 Å². The van der Waals surface area contributed by atoms with E-state index in [2.05, 4.69) is 52.2 Å². The number of hydrogen-bond acceptors (Lipinski definition) is 4. The summed E-state index contributed by atoms with van der Waals surface area (Å²) in [5, 5.41) is 24.3. The minimum Gasteiger partial charge on any atom is -0.478 e. The molecule has 0 bridgehead atoms. The fourth-order valence-electron chi connectivity index (χ4n) is 4.90. The van der Waals surface area contributed by atoms with Gasteiger partial charge in [-0.1, -0.05) is 48.5 Å².